The number of benzene rings is 2. The first-order chi connectivity index (χ1) is 12.8. The van der Waals surface area contributed by atoms with Gasteiger partial charge in [-0.25, -0.2) is 0 Å². The summed E-state index contributed by atoms with van der Waals surface area (Å²) in [5.41, 5.74) is 4.22. The van der Waals surface area contributed by atoms with E-state index in [4.69, 9.17) is 4.52 Å². The van der Waals surface area contributed by atoms with Gasteiger partial charge in [-0.15, -0.1) is 11.7 Å². The van der Waals surface area contributed by atoms with Crippen molar-refractivity contribution < 1.29 is 4.52 Å². The Balaban J connectivity index is 1.67. The molecule has 0 atom stereocenters. The van der Waals surface area contributed by atoms with Crippen LogP contribution in [0.15, 0.2) is 53.6 Å². The van der Waals surface area contributed by atoms with Crippen LogP contribution in [-0.4, -0.2) is 32.1 Å². The standard InChI is InChI=1S/C18H13N7O/c1-2-7-20-14-5-4-12(8-13(14)10-19)18-21-17(24-26-18)11-3-6-15-16(9-11)23-25-22-15/h2-6,8-9,20H,1,7H2,(H,22,23,25). The molecule has 0 saturated carbocycles. The maximum atomic E-state index is 9.35. The number of hydrogen-bond donors (Lipinski definition) is 2. The Labute approximate surface area is 148 Å². The third-order valence-corrected chi connectivity index (χ3v) is 3.83. The van der Waals surface area contributed by atoms with E-state index in [1.54, 1.807) is 12.1 Å². The van der Waals surface area contributed by atoms with Crippen molar-refractivity contribution in [3.8, 4) is 28.9 Å². The van der Waals surface area contributed by atoms with Crippen LogP contribution in [0.3, 0.4) is 0 Å². The quantitative estimate of drug-likeness (QED) is 0.535. The Kier molecular flexibility index (Phi) is 3.88. The van der Waals surface area contributed by atoms with Crippen LogP contribution in [0.1, 0.15) is 5.56 Å². The minimum absolute atomic E-state index is 0.340. The van der Waals surface area contributed by atoms with Gasteiger partial charge in [0.05, 0.1) is 16.8 Å². The van der Waals surface area contributed by atoms with Crippen LogP contribution in [0.2, 0.25) is 0 Å². The highest BCUT2D eigenvalue weighted by molar-refractivity contribution is 5.79. The second kappa shape index (κ2) is 6.49. The number of nitrogens with zero attached hydrogens (tertiary/aromatic N) is 5. The van der Waals surface area contributed by atoms with Gasteiger partial charge in [0.2, 0.25) is 5.82 Å². The molecule has 2 aromatic heterocycles. The first kappa shape index (κ1) is 15.5. The summed E-state index contributed by atoms with van der Waals surface area (Å²) in [5.74, 6) is 0.782. The van der Waals surface area contributed by atoms with Gasteiger partial charge >= 0.3 is 0 Å². The zero-order chi connectivity index (χ0) is 17.9. The van der Waals surface area contributed by atoms with Gasteiger partial charge in [-0.3, -0.25) is 5.10 Å². The predicted molar refractivity (Wildman–Crippen MR) is 96.0 cm³/mol. The molecule has 0 amide bonds. The molecule has 8 heteroatoms. The van der Waals surface area contributed by atoms with E-state index in [9.17, 15) is 5.26 Å². The highest BCUT2D eigenvalue weighted by Crippen LogP contribution is 2.27. The average molecular weight is 343 g/mol. The summed E-state index contributed by atoms with van der Waals surface area (Å²) in [5, 5.41) is 27.0. The zero-order valence-electron chi connectivity index (χ0n) is 13.6. The van der Waals surface area contributed by atoms with Crippen LogP contribution < -0.4 is 5.32 Å². The fourth-order valence-corrected chi connectivity index (χ4v) is 2.54. The highest BCUT2D eigenvalue weighted by Gasteiger charge is 2.13. The molecule has 0 unspecified atom stereocenters. The third kappa shape index (κ3) is 2.78. The lowest BCUT2D eigenvalue weighted by atomic mass is 10.1. The van der Waals surface area contributed by atoms with Gasteiger partial charge in [-0.05, 0) is 36.4 Å². The van der Waals surface area contributed by atoms with Crippen molar-refractivity contribution in [1.29, 1.82) is 5.26 Å². The minimum Gasteiger partial charge on any atom is -0.381 e. The van der Waals surface area contributed by atoms with Gasteiger partial charge in [0.25, 0.3) is 5.89 Å². The Hall–Kier alpha value is -3.99. The van der Waals surface area contributed by atoms with Crippen molar-refractivity contribution >= 4 is 16.7 Å². The summed E-state index contributed by atoms with van der Waals surface area (Å²) in [7, 11) is 0. The Morgan fingerprint density at radius 2 is 2.12 bits per heavy atom. The van der Waals surface area contributed by atoms with Crippen molar-refractivity contribution in [2.45, 2.75) is 0 Å². The maximum absolute atomic E-state index is 9.35. The Morgan fingerprint density at radius 1 is 1.23 bits per heavy atom. The summed E-state index contributed by atoms with van der Waals surface area (Å²) >= 11 is 0. The first-order valence-electron chi connectivity index (χ1n) is 7.82. The predicted octanol–water partition coefficient (Wildman–Crippen LogP) is 3.14. The molecule has 2 heterocycles. The van der Waals surface area contributed by atoms with E-state index in [0.29, 0.717) is 29.4 Å². The lowest BCUT2D eigenvalue weighted by Gasteiger charge is -2.06. The number of rotatable bonds is 5. The van der Waals surface area contributed by atoms with E-state index < -0.39 is 0 Å². The van der Waals surface area contributed by atoms with E-state index in [1.807, 2.05) is 30.3 Å². The number of hydrogen-bond acceptors (Lipinski definition) is 7. The second-order valence-corrected chi connectivity index (χ2v) is 5.51. The SMILES string of the molecule is C=CCNc1ccc(-c2nc(-c3ccc4[nH]nnc4c3)no2)cc1C#N. The normalized spacial score (nSPS) is 10.6. The van der Waals surface area contributed by atoms with Gasteiger partial charge in [-0.1, -0.05) is 16.4 Å². The molecule has 2 N–H and O–H groups in total. The third-order valence-electron chi connectivity index (χ3n) is 3.83. The largest absolute Gasteiger partial charge is 0.381 e. The van der Waals surface area contributed by atoms with Gasteiger partial charge in [0.1, 0.15) is 11.6 Å². The lowest BCUT2D eigenvalue weighted by Crippen LogP contribution is -2.00. The highest BCUT2D eigenvalue weighted by atomic mass is 16.5. The van der Waals surface area contributed by atoms with Crippen LogP contribution in [0, 0.1) is 11.3 Å². The minimum atomic E-state index is 0.340. The molecule has 126 valence electrons. The molecule has 0 fully saturated rings. The van der Waals surface area contributed by atoms with Crippen LogP contribution in [0.4, 0.5) is 5.69 Å². The number of fused-ring (bicyclic) bond motifs is 1. The molecule has 0 aliphatic carbocycles. The lowest BCUT2D eigenvalue weighted by molar-refractivity contribution is 0.432. The van der Waals surface area contributed by atoms with Crippen molar-refractivity contribution in [2.24, 2.45) is 0 Å². The van der Waals surface area contributed by atoms with Crippen LogP contribution in [-0.2, 0) is 0 Å². The van der Waals surface area contributed by atoms with E-state index >= 15 is 0 Å². The Morgan fingerprint density at radius 3 is 2.96 bits per heavy atom. The molecule has 0 saturated heterocycles. The number of aromatic amines is 1. The average Bonchev–Trinajstić information content (AvgIpc) is 3.34. The molecule has 4 rings (SSSR count). The van der Waals surface area contributed by atoms with Crippen LogP contribution in [0.25, 0.3) is 33.9 Å². The second-order valence-electron chi connectivity index (χ2n) is 5.51. The Bertz CT molecular complexity index is 1140. The zero-order valence-corrected chi connectivity index (χ0v) is 13.6. The van der Waals surface area contributed by atoms with Gasteiger partial charge in [0, 0.05) is 17.7 Å². The van der Waals surface area contributed by atoms with Crippen molar-refractivity contribution in [1.82, 2.24) is 25.6 Å². The molecular weight excluding hydrogens is 330 g/mol. The van der Waals surface area contributed by atoms with E-state index in [2.05, 4.69) is 43.5 Å². The molecule has 0 radical (unpaired) electrons. The number of anilines is 1. The molecule has 0 aliphatic heterocycles. The van der Waals surface area contributed by atoms with E-state index in [-0.39, 0.29) is 0 Å². The van der Waals surface area contributed by atoms with Gasteiger partial charge < -0.3 is 9.84 Å². The summed E-state index contributed by atoms with van der Waals surface area (Å²) in [6, 6.07) is 13.1. The fraction of sp³-hybridized carbons (Fsp3) is 0.0556. The molecule has 0 aliphatic rings. The topological polar surface area (TPSA) is 116 Å². The molecule has 2 aromatic carbocycles. The summed E-state index contributed by atoms with van der Waals surface area (Å²) < 4.78 is 5.37. The van der Waals surface area contributed by atoms with E-state index in [0.717, 1.165) is 22.3 Å². The number of nitrogens with one attached hydrogen (secondary N) is 2. The van der Waals surface area contributed by atoms with Crippen molar-refractivity contribution in [3.05, 3.63) is 54.6 Å². The summed E-state index contributed by atoms with van der Waals surface area (Å²) in [6.45, 7) is 4.23. The maximum Gasteiger partial charge on any atom is 0.258 e. The number of H-pyrrole nitrogens is 1. The molecule has 26 heavy (non-hydrogen) atoms. The van der Waals surface area contributed by atoms with Gasteiger partial charge in [0.15, 0.2) is 0 Å². The van der Waals surface area contributed by atoms with Crippen LogP contribution in [0.5, 0.6) is 0 Å². The monoisotopic (exact) mass is 343 g/mol. The molecule has 0 spiro atoms. The number of aromatic nitrogens is 5. The van der Waals surface area contributed by atoms with E-state index in [1.165, 1.54) is 0 Å². The molecule has 0 bridgehead atoms. The molecular formula is C18H13N7O. The molecule has 4 aromatic rings. The number of nitriles is 1. The fourth-order valence-electron chi connectivity index (χ4n) is 2.54. The van der Waals surface area contributed by atoms with Crippen LogP contribution >= 0.6 is 0 Å². The summed E-state index contributed by atoms with van der Waals surface area (Å²) in [6.07, 6.45) is 1.73. The first-order valence-corrected chi connectivity index (χ1v) is 7.82. The molecule has 8 nitrogen and oxygen atoms in total. The summed E-state index contributed by atoms with van der Waals surface area (Å²) in [4.78, 5) is 4.43. The van der Waals surface area contributed by atoms with Crippen molar-refractivity contribution in [2.75, 3.05) is 11.9 Å². The van der Waals surface area contributed by atoms with Gasteiger partial charge in [-0.2, -0.15) is 10.2 Å². The smallest absolute Gasteiger partial charge is 0.258 e. The van der Waals surface area contributed by atoms with Crippen molar-refractivity contribution in [3.63, 3.8) is 0 Å².